The lowest BCUT2D eigenvalue weighted by atomic mass is 10.0. The molecule has 0 aromatic heterocycles. The lowest BCUT2D eigenvalue weighted by Crippen LogP contribution is -2.54. The molecule has 28 nitrogen and oxygen atoms in total. The number of hydrogen-bond acceptors (Lipinski definition) is 18. The third kappa shape index (κ3) is 17.6. The van der Waals surface area contributed by atoms with Crippen molar-refractivity contribution in [3.05, 3.63) is 102 Å². The van der Waals surface area contributed by atoms with Gasteiger partial charge in [0, 0.05) is 62.6 Å². The van der Waals surface area contributed by atoms with Gasteiger partial charge in [-0.05, 0) is 114 Å². The number of fused-ring (bicyclic) bond motifs is 4. The average molecular weight is 1320 g/mol. The van der Waals surface area contributed by atoms with Gasteiger partial charge in [0.15, 0.2) is 35.5 Å². The molecule has 0 bridgehead atoms. The number of carbonyl (C=O) groups excluding carboxylic acids is 10. The number of urea groups is 1. The molecule has 8 N–H and O–H groups in total. The maximum atomic E-state index is 14.4. The summed E-state index contributed by atoms with van der Waals surface area (Å²) in [4.78, 5) is 138. The molecule has 28 heteroatoms. The molecule has 2 saturated heterocycles. The van der Waals surface area contributed by atoms with Crippen molar-refractivity contribution in [1.82, 2.24) is 30.7 Å². The van der Waals surface area contributed by atoms with Crippen LogP contribution in [0.2, 0.25) is 0 Å². The molecule has 3 aromatic rings. The lowest BCUT2D eigenvalue weighted by molar-refractivity contribution is -0.137. The van der Waals surface area contributed by atoms with Crippen molar-refractivity contribution in [3.8, 4) is 23.0 Å². The summed E-state index contributed by atoms with van der Waals surface area (Å²) >= 11 is 0. The Morgan fingerprint density at radius 1 is 0.674 bits per heavy atom. The number of nitrogens with one attached hydrogen (secondary N) is 4. The number of amides is 11. The van der Waals surface area contributed by atoms with Crippen LogP contribution >= 0.6 is 0 Å². The van der Waals surface area contributed by atoms with E-state index in [2.05, 4.69) is 34.4 Å². The number of aliphatic hydroxyl groups is 2. The van der Waals surface area contributed by atoms with E-state index in [0.717, 1.165) is 20.3 Å². The number of ether oxygens (including phenoxy) is 6. The normalized spacial score (nSPS) is 18.9. The highest BCUT2D eigenvalue weighted by atomic mass is 16.6. The Hall–Kier alpha value is -9.70. The van der Waals surface area contributed by atoms with E-state index in [9.17, 15) is 58.2 Å². The first-order valence-corrected chi connectivity index (χ1v) is 31.7. The molecule has 0 aliphatic carbocycles. The highest BCUT2D eigenvalue weighted by Gasteiger charge is 2.49. The Kier molecular flexibility index (Phi) is 23.6. The number of nitrogens with zero attached hydrogens (tertiary/aromatic N) is 5. The molecule has 5 aliphatic heterocycles. The molecule has 512 valence electrons. The van der Waals surface area contributed by atoms with Crippen LogP contribution in [0.1, 0.15) is 132 Å². The van der Waals surface area contributed by atoms with E-state index >= 15 is 0 Å². The zero-order valence-corrected chi connectivity index (χ0v) is 54.7. The molecule has 3 aromatic carbocycles. The molecule has 8 rings (SSSR count). The fourth-order valence-electron chi connectivity index (χ4n) is 11.8. The maximum Gasteiger partial charge on any atom is 0.417 e. The van der Waals surface area contributed by atoms with Crippen LogP contribution in [0, 0.1) is 5.92 Å². The Bertz CT molecular complexity index is 3460. The van der Waals surface area contributed by atoms with Crippen LogP contribution in [-0.4, -0.2) is 180 Å². The summed E-state index contributed by atoms with van der Waals surface area (Å²) in [5.41, 5.74) is 6.74. The number of anilines is 3. The zero-order valence-electron chi connectivity index (χ0n) is 54.7. The summed E-state index contributed by atoms with van der Waals surface area (Å²) in [6, 6.07) is 7.58. The number of aliphatic hydroxyl groups excluding tert-OH is 2. The maximum absolute atomic E-state index is 14.4. The van der Waals surface area contributed by atoms with Crippen molar-refractivity contribution in [3.63, 3.8) is 0 Å². The minimum atomic E-state index is -1.60. The van der Waals surface area contributed by atoms with Gasteiger partial charge < -0.3 is 75.4 Å². The molecule has 6 atom stereocenters. The molecule has 11 amide bonds. The van der Waals surface area contributed by atoms with Gasteiger partial charge in [0.2, 0.25) is 17.7 Å². The van der Waals surface area contributed by atoms with E-state index in [-0.39, 0.29) is 141 Å². The van der Waals surface area contributed by atoms with Crippen molar-refractivity contribution in [2.45, 2.75) is 154 Å². The Morgan fingerprint density at radius 3 is 1.71 bits per heavy atom. The van der Waals surface area contributed by atoms with Crippen molar-refractivity contribution in [2.75, 3.05) is 68.7 Å². The van der Waals surface area contributed by atoms with Gasteiger partial charge >= 0.3 is 18.2 Å². The second kappa shape index (κ2) is 31.5. The number of unbranched alkanes of at least 4 members (excludes halogenated alkanes) is 4. The minimum absolute atomic E-state index is 0.00162. The van der Waals surface area contributed by atoms with Crippen LogP contribution in [0.4, 0.5) is 31.4 Å². The van der Waals surface area contributed by atoms with Crippen LogP contribution in [0.3, 0.4) is 0 Å². The molecule has 0 spiro atoms. The Labute approximate surface area is 551 Å². The van der Waals surface area contributed by atoms with E-state index in [4.69, 9.17) is 34.2 Å². The molecular formula is C67H86N10O18. The smallest absolute Gasteiger partial charge is 0.417 e. The van der Waals surface area contributed by atoms with Crippen molar-refractivity contribution < 1.29 is 86.6 Å². The number of benzene rings is 3. The molecule has 2 fully saturated rings. The fraction of sp³-hybridized carbons (Fsp3) is 0.493. The lowest BCUT2D eigenvalue weighted by Gasteiger charge is -2.33. The number of primary amides is 1. The molecular weight excluding hydrogens is 1230 g/mol. The number of carbonyl (C=O) groups is 10. The van der Waals surface area contributed by atoms with Crippen molar-refractivity contribution in [1.29, 1.82) is 0 Å². The summed E-state index contributed by atoms with van der Waals surface area (Å²) in [6.07, 6.45) is 1.43. The van der Waals surface area contributed by atoms with E-state index < -0.39 is 90.0 Å². The average Bonchev–Trinajstić information content (AvgIpc) is 1.64. The molecule has 5 heterocycles. The first-order valence-electron chi connectivity index (χ1n) is 31.7. The van der Waals surface area contributed by atoms with Gasteiger partial charge in [-0.1, -0.05) is 56.7 Å². The molecule has 0 unspecified atom stereocenters. The Balaban J connectivity index is 0.884. The summed E-state index contributed by atoms with van der Waals surface area (Å²) in [7, 11) is 2.83. The third-order valence-corrected chi connectivity index (χ3v) is 16.6. The highest BCUT2D eigenvalue weighted by Crippen LogP contribution is 2.44. The number of methoxy groups -OCH3 is 2. The highest BCUT2D eigenvalue weighted by molar-refractivity contribution is 6.13. The number of hydrogen-bond donors (Lipinski definition) is 7. The summed E-state index contributed by atoms with van der Waals surface area (Å²) in [5.74, 6) is -2.88. The van der Waals surface area contributed by atoms with Gasteiger partial charge in [0.25, 0.3) is 23.6 Å². The van der Waals surface area contributed by atoms with Crippen molar-refractivity contribution in [2.24, 2.45) is 11.7 Å². The standard InChI is InChI=1S/C67H86N10O18/c1-38(2)57(72-54(78)18-12-10-13-26-73-55(79)23-24-56(73)80)59(82)71-45(17-16-25-69-64(68)87)58(81)70-42-21-19-41(20-22-42)37-94-65(88)76-46-33-52(50(90-8)31-43(46)60(83)74-35-39(3)29-48(74)62(76)85)92-27-14-11-15-28-93-53-34-47-44(32-51(53)91-9)61(84)75-36-40(4)30-49(75)63(86)77(47)66(89)95-67(5,6)7/h19-24,31-34,38,45,48-49,57,62-63,85-86H,3-4,10-18,25-30,35-37H2,1-2,5-9H3,(H,70,81)(H,71,82)(H,72,78)(H3,68,69,87)/t45-,48-,49-,57-,62-,63-/m0/s1. The third-order valence-electron chi connectivity index (χ3n) is 16.6. The van der Waals surface area contributed by atoms with Gasteiger partial charge in [-0.15, -0.1) is 0 Å². The second-order valence-electron chi connectivity index (χ2n) is 25.3. The van der Waals surface area contributed by atoms with E-state index in [1.165, 1.54) is 60.4 Å². The number of rotatable bonds is 28. The monoisotopic (exact) mass is 1320 g/mol. The van der Waals surface area contributed by atoms with Gasteiger partial charge in [-0.25, -0.2) is 24.2 Å². The summed E-state index contributed by atoms with van der Waals surface area (Å²) in [5, 5.41) is 34.5. The van der Waals surface area contributed by atoms with Crippen LogP contribution in [0.25, 0.3) is 0 Å². The first kappa shape index (κ1) is 71.2. The largest absolute Gasteiger partial charge is 0.493 e. The molecule has 95 heavy (non-hydrogen) atoms. The number of imide groups is 1. The second-order valence-corrected chi connectivity index (χ2v) is 25.3. The van der Waals surface area contributed by atoms with E-state index in [0.29, 0.717) is 55.3 Å². The Morgan fingerprint density at radius 2 is 1.20 bits per heavy atom. The van der Waals surface area contributed by atoms with Crippen LogP contribution in [0.15, 0.2) is 85.0 Å². The minimum Gasteiger partial charge on any atom is -0.493 e. The predicted octanol–water partition coefficient (Wildman–Crippen LogP) is 5.92. The van der Waals surface area contributed by atoms with Gasteiger partial charge in [0.1, 0.15) is 24.3 Å². The van der Waals surface area contributed by atoms with Gasteiger partial charge in [0.05, 0.1) is 62.0 Å². The SMILES string of the molecule is C=C1C[C@H]2[C@H](O)N(C(=O)OCc3ccc(NC(=O)[C@H](CCCNC(N)=O)NC(=O)[C@@H](NC(=O)CCCCCN4C(=O)C=CC4=O)C(C)C)cc3)c3cc(OCCCCCOc4cc5c(cc4OC)C(=O)N4CC(=C)C[C@H]4[C@H](O)N5C(=O)OC(C)(C)C)c(OC)cc3C(=O)N2C1. The summed E-state index contributed by atoms with van der Waals surface area (Å²) in [6.45, 7) is 17.3. The van der Waals surface area contributed by atoms with E-state index in [1.807, 2.05) is 0 Å². The summed E-state index contributed by atoms with van der Waals surface area (Å²) < 4.78 is 35.4. The molecule has 5 aliphatic rings. The zero-order chi connectivity index (χ0) is 69.0. The first-order chi connectivity index (χ1) is 45.2. The number of nitrogens with two attached hydrogens (primary N) is 1. The quantitative estimate of drug-likeness (QED) is 0.0252. The van der Waals surface area contributed by atoms with Crippen LogP contribution in [0.5, 0.6) is 23.0 Å². The van der Waals surface area contributed by atoms with E-state index in [1.54, 1.807) is 58.9 Å². The van der Waals surface area contributed by atoms with Gasteiger partial charge in [-0.3, -0.25) is 38.5 Å². The molecule has 0 radical (unpaired) electrons. The molecule has 0 saturated carbocycles. The fourth-order valence-corrected chi connectivity index (χ4v) is 11.8. The van der Waals surface area contributed by atoms with Gasteiger partial charge in [-0.2, -0.15) is 0 Å². The van der Waals surface area contributed by atoms with Crippen LogP contribution in [-0.2, 0) is 40.1 Å². The predicted molar refractivity (Wildman–Crippen MR) is 346 cm³/mol. The van der Waals surface area contributed by atoms with Crippen molar-refractivity contribution >= 4 is 76.6 Å². The topological polar surface area (TPSA) is 357 Å². The van der Waals surface area contributed by atoms with Crippen LogP contribution < -0.4 is 55.7 Å².